The molecule has 2 aromatic rings. The Morgan fingerprint density at radius 1 is 0.960 bits per heavy atom. The van der Waals surface area contributed by atoms with E-state index in [0.717, 1.165) is 12.0 Å². The summed E-state index contributed by atoms with van der Waals surface area (Å²) in [6, 6.07) is 17.4. The van der Waals surface area contributed by atoms with Gasteiger partial charge in [-0.1, -0.05) is 42.5 Å². The number of nitrogens with one attached hydrogen (secondary N) is 1. The Bertz CT molecular complexity index is 684. The van der Waals surface area contributed by atoms with Crippen LogP contribution < -0.4 is 11.1 Å². The molecule has 5 nitrogen and oxygen atoms in total. The van der Waals surface area contributed by atoms with Crippen LogP contribution >= 0.6 is 0 Å². The van der Waals surface area contributed by atoms with Crippen molar-refractivity contribution in [2.45, 2.75) is 19.9 Å². The Morgan fingerprint density at radius 2 is 1.64 bits per heavy atom. The van der Waals surface area contributed by atoms with Crippen molar-refractivity contribution in [3.63, 3.8) is 0 Å². The lowest BCUT2D eigenvalue weighted by molar-refractivity contribution is -0.119. The molecule has 0 unspecified atom stereocenters. The summed E-state index contributed by atoms with van der Waals surface area (Å²) < 4.78 is 0. The van der Waals surface area contributed by atoms with Gasteiger partial charge in [0.25, 0.3) is 5.91 Å². The molecule has 2 amide bonds. The molecule has 0 aliphatic carbocycles. The van der Waals surface area contributed by atoms with Crippen LogP contribution in [0, 0.1) is 0 Å². The predicted octanol–water partition coefficient (Wildman–Crippen LogP) is 1.97. The molecule has 0 saturated carbocycles. The molecule has 2 rings (SSSR count). The average molecular weight is 339 g/mol. The van der Waals surface area contributed by atoms with Gasteiger partial charge in [-0.05, 0) is 29.7 Å². The molecule has 2 aromatic carbocycles. The molecule has 0 aliphatic heterocycles. The maximum Gasteiger partial charge on any atom is 0.253 e. The summed E-state index contributed by atoms with van der Waals surface area (Å²) in [7, 11) is 0. The number of nitrogens with zero attached hydrogens (tertiary/aromatic N) is 1. The van der Waals surface area contributed by atoms with Gasteiger partial charge in [0.2, 0.25) is 5.91 Å². The molecule has 3 N–H and O–H groups in total. The smallest absolute Gasteiger partial charge is 0.253 e. The SMILES string of the molecule is CC(=O)NCc1ccc(C(=O)N(CCN)CCc2ccccc2)cc1. The van der Waals surface area contributed by atoms with Crippen molar-refractivity contribution in [2.75, 3.05) is 19.6 Å². The maximum absolute atomic E-state index is 12.7. The first-order valence-corrected chi connectivity index (χ1v) is 8.47. The minimum Gasteiger partial charge on any atom is -0.352 e. The van der Waals surface area contributed by atoms with Gasteiger partial charge in [-0.2, -0.15) is 0 Å². The Balaban J connectivity index is 1.99. The molecule has 0 atom stereocenters. The first-order chi connectivity index (χ1) is 12.1. The quantitative estimate of drug-likeness (QED) is 0.772. The number of hydrogen-bond donors (Lipinski definition) is 2. The third kappa shape index (κ3) is 6.04. The zero-order chi connectivity index (χ0) is 18.1. The van der Waals surface area contributed by atoms with E-state index in [0.29, 0.717) is 31.7 Å². The number of carbonyl (C=O) groups is 2. The Labute approximate surface area is 148 Å². The summed E-state index contributed by atoms with van der Waals surface area (Å²) in [6.45, 7) is 3.54. The fraction of sp³-hybridized carbons (Fsp3) is 0.300. The molecular weight excluding hydrogens is 314 g/mol. The van der Waals surface area contributed by atoms with Gasteiger partial charge in [-0.25, -0.2) is 0 Å². The summed E-state index contributed by atoms with van der Waals surface area (Å²) in [5.74, 6) is -0.0948. The molecule has 5 heteroatoms. The van der Waals surface area contributed by atoms with Gasteiger partial charge in [0.1, 0.15) is 0 Å². The van der Waals surface area contributed by atoms with Crippen molar-refractivity contribution in [1.82, 2.24) is 10.2 Å². The molecule has 0 aliphatic rings. The van der Waals surface area contributed by atoms with Crippen LogP contribution in [0.3, 0.4) is 0 Å². The predicted molar refractivity (Wildman–Crippen MR) is 99.1 cm³/mol. The van der Waals surface area contributed by atoms with E-state index in [1.165, 1.54) is 12.5 Å². The fourth-order valence-corrected chi connectivity index (χ4v) is 2.55. The van der Waals surface area contributed by atoms with Gasteiger partial charge < -0.3 is 16.0 Å². The second-order valence-electron chi connectivity index (χ2n) is 5.92. The number of carbonyl (C=O) groups excluding carboxylic acids is 2. The third-order valence-corrected chi connectivity index (χ3v) is 3.94. The van der Waals surface area contributed by atoms with Gasteiger partial charge in [-0.15, -0.1) is 0 Å². The first-order valence-electron chi connectivity index (χ1n) is 8.47. The van der Waals surface area contributed by atoms with E-state index >= 15 is 0 Å². The van der Waals surface area contributed by atoms with Crippen LogP contribution in [0.4, 0.5) is 0 Å². The number of hydrogen-bond acceptors (Lipinski definition) is 3. The first kappa shape index (κ1) is 18.7. The van der Waals surface area contributed by atoms with Crippen LogP contribution in [-0.2, 0) is 17.8 Å². The second-order valence-corrected chi connectivity index (χ2v) is 5.92. The van der Waals surface area contributed by atoms with Crippen molar-refractivity contribution < 1.29 is 9.59 Å². The topological polar surface area (TPSA) is 75.4 Å². The highest BCUT2D eigenvalue weighted by Gasteiger charge is 2.15. The number of nitrogens with two attached hydrogens (primary N) is 1. The van der Waals surface area contributed by atoms with E-state index in [1.54, 1.807) is 17.0 Å². The van der Waals surface area contributed by atoms with E-state index in [9.17, 15) is 9.59 Å². The van der Waals surface area contributed by atoms with Crippen LogP contribution in [0.5, 0.6) is 0 Å². The van der Waals surface area contributed by atoms with E-state index in [-0.39, 0.29) is 11.8 Å². The monoisotopic (exact) mass is 339 g/mol. The molecule has 132 valence electrons. The zero-order valence-corrected chi connectivity index (χ0v) is 14.6. The van der Waals surface area contributed by atoms with E-state index in [4.69, 9.17) is 5.73 Å². The maximum atomic E-state index is 12.7. The number of benzene rings is 2. The van der Waals surface area contributed by atoms with Crippen LogP contribution in [0.1, 0.15) is 28.4 Å². The highest BCUT2D eigenvalue weighted by molar-refractivity contribution is 5.94. The van der Waals surface area contributed by atoms with Crippen LogP contribution in [0.25, 0.3) is 0 Å². The van der Waals surface area contributed by atoms with Crippen molar-refractivity contribution >= 4 is 11.8 Å². The summed E-state index contributed by atoms with van der Waals surface area (Å²) in [4.78, 5) is 25.5. The second kappa shape index (κ2) is 9.59. The Kier molecular flexibility index (Phi) is 7.16. The molecule has 0 radical (unpaired) electrons. The lowest BCUT2D eigenvalue weighted by atomic mass is 10.1. The van der Waals surface area contributed by atoms with Gasteiger partial charge in [0.15, 0.2) is 0 Å². The third-order valence-electron chi connectivity index (χ3n) is 3.94. The fourth-order valence-electron chi connectivity index (χ4n) is 2.55. The van der Waals surface area contributed by atoms with E-state index in [2.05, 4.69) is 17.4 Å². The largest absolute Gasteiger partial charge is 0.352 e. The van der Waals surface area contributed by atoms with Crippen molar-refractivity contribution in [3.05, 3.63) is 71.3 Å². The number of amides is 2. The summed E-state index contributed by atoms with van der Waals surface area (Å²) in [5.41, 5.74) is 8.46. The summed E-state index contributed by atoms with van der Waals surface area (Å²) in [5, 5.41) is 2.74. The van der Waals surface area contributed by atoms with E-state index < -0.39 is 0 Å². The Hall–Kier alpha value is -2.66. The highest BCUT2D eigenvalue weighted by atomic mass is 16.2. The van der Waals surface area contributed by atoms with Crippen molar-refractivity contribution in [1.29, 1.82) is 0 Å². The molecular formula is C20H25N3O2. The molecule has 0 spiro atoms. The molecule has 0 heterocycles. The Morgan fingerprint density at radius 3 is 2.24 bits per heavy atom. The van der Waals surface area contributed by atoms with Crippen LogP contribution in [-0.4, -0.2) is 36.3 Å². The lowest BCUT2D eigenvalue weighted by Crippen LogP contribution is -2.37. The van der Waals surface area contributed by atoms with Gasteiger partial charge in [-0.3, -0.25) is 9.59 Å². The standard InChI is InChI=1S/C20H25N3O2/c1-16(24)22-15-18-7-9-19(10-8-18)20(25)23(14-12-21)13-11-17-5-3-2-4-6-17/h2-10H,11-15,21H2,1H3,(H,22,24). The van der Waals surface area contributed by atoms with Crippen LogP contribution in [0.2, 0.25) is 0 Å². The molecule has 0 fully saturated rings. The average Bonchev–Trinajstić information content (AvgIpc) is 2.64. The normalized spacial score (nSPS) is 10.3. The molecule has 0 aromatic heterocycles. The minimum absolute atomic E-state index is 0.0209. The minimum atomic E-state index is -0.0739. The summed E-state index contributed by atoms with van der Waals surface area (Å²) in [6.07, 6.45) is 0.799. The lowest BCUT2D eigenvalue weighted by Gasteiger charge is -2.22. The molecule has 0 bridgehead atoms. The summed E-state index contributed by atoms with van der Waals surface area (Å²) >= 11 is 0. The van der Waals surface area contributed by atoms with E-state index in [1.807, 2.05) is 30.3 Å². The number of rotatable bonds is 8. The highest BCUT2D eigenvalue weighted by Crippen LogP contribution is 2.09. The molecule has 25 heavy (non-hydrogen) atoms. The van der Waals surface area contributed by atoms with Crippen molar-refractivity contribution in [2.24, 2.45) is 5.73 Å². The van der Waals surface area contributed by atoms with Gasteiger partial charge in [0, 0.05) is 38.7 Å². The molecule has 0 saturated heterocycles. The van der Waals surface area contributed by atoms with Gasteiger partial charge >= 0.3 is 0 Å². The zero-order valence-electron chi connectivity index (χ0n) is 14.6. The van der Waals surface area contributed by atoms with Crippen molar-refractivity contribution in [3.8, 4) is 0 Å². The van der Waals surface area contributed by atoms with Crippen LogP contribution in [0.15, 0.2) is 54.6 Å². The van der Waals surface area contributed by atoms with Gasteiger partial charge in [0.05, 0.1) is 0 Å².